The van der Waals surface area contributed by atoms with Crippen molar-refractivity contribution in [1.29, 1.82) is 0 Å². The van der Waals surface area contributed by atoms with Crippen LogP contribution in [0.3, 0.4) is 0 Å². The molecule has 130 valence electrons. The van der Waals surface area contributed by atoms with Crippen molar-refractivity contribution in [3.63, 3.8) is 0 Å². The molecule has 3 aromatic rings. The zero-order chi connectivity index (χ0) is 18.0. The summed E-state index contributed by atoms with van der Waals surface area (Å²) in [4.78, 5) is 15.6. The topological polar surface area (TPSA) is 55.1 Å². The van der Waals surface area contributed by atoms with Crippen LogP contribution in [0.4, 0.5) is 0 Å². The van der Waals surface area contributed by atoms with E-state index in [1.807, 2.05) is 24.3 Å². The van der Waals surface area contributed by atoms with Gasteiger partial charge < -0.3 is 9.67 Å². The lowest BCUT2D eigenvalue weighted by Gasteiger charge is -2.19. The van der Waals surface area contributed by atoms with Crippen LogP contribution in [0, 0.1) is 0 Å². The Kier molecular flexibility index (Phi) is 4.62. The fourth-order valence-corrected chi connectivity index (χ4v) is 3.03. The summed E-state index contributed by atoms with van der Waals surface area (Å²) in [5, 5.41) is 8.92. The monoisotopic (exact) mass is 336 g/mol. The van der Waals surface area contributed by atoms with E-state index in [4.69, 9.17) is 10.1 Å². The standard InChI is InChI=1S/C21H24N2O2/c1-21(2,3)16-12-10-15(11-13-16)20-22-17-7-4-5-8-18(17)23(20)14-6-9-19(24)25/h4-5,7-8,10-13H,6,9,14H2,1-3H3,(H,24,25). The zero-order valence-electron chi connectivity index (χ0n) is 15.0. The molecule has 0 unspecified atom stereocenters. The van der Waals surface area contributed by atoms with Crippen molar-refractivity contribution in [3.8, 4) is 11.4 Å². The lowest BCUT2D eigenvalue weighted by Crippen LogP contribution is -2.10. The molecule has 2 aromatic carbocycles. The number of carbonyl (C=O) groups is 1. The van der Waals surface area contributed by atoms with Crippen LogP contribution in [-0.2, 0) is 16.8 Å². The maximum atomic E-state index is 10.9. The van der Waals surface area contributed by atoms with E-state index >= 15 is 0 Å². The van der Waals surface area contributed by atoms with Crippen molar-refractivity contribution < 1.29 is 9.90 Å². The van der Waals surface area contributed by atoms with Crippen LogP contribution in [0.5, 0.6) is 0 Å². The predicted molar refractivity (Wildman–Crippen MR) is 101 cm³/mol. The molecule has 0 aliphatic heterocycles. The molecule has 0 spiro atoms. The minimum absolute atomic E-state index is 0.111. The van der Waals surface area contributed by atoms with E-state index in [0.29, 0.717) is 13.0 Å². The molecule has 25 heavy (non-hydrogen) atoms. The van der Waals surface area contributed by atoms with Gasteiger partial charge >= 0.3 is 5.97 Å². The number of hydrogen-bond donors (Lipinski definition) is 1. The second-order valence-electron chi connectivity index (χ2n) is 7.40. The van der Waals surface area contributed by atoms with Crippen LogP contribution in [-0.4, -0.2) is 20.6 Å². The molecule has 3 rings (SSSR count). The Hall–Kier alpha value is -2.62. The third kappa shape index (κ3) is 3.73. The summed E-state index contributed by atoms with van der Waals surface area (Å²) < 4.78 is 2.13. The molecular weight excluding hydrogens is 312 g/mol. The van der Waals surface area contributed by atoms with E-state index in [1.54, 1.807) is 0 Å². The number of carboxylic acid groups (broad SMARTS) is 1. The summed E-state index contributed by atoms with van der Waals surface area (Å²) >= 11 is 0. The highest BCUT2D eigenvalue weighted by Gasteiger charge is 2.16. The summed E-state index contributed by atoms with van der Waals surface area (Å²) in [6.07, 6.45) is 0.748. The third-order valence-corrected chi connectivity index (χ3v) is 4.44. The number of imidazole rings is 1. The maximum Gasteiger partial charge on any atom is 0.303 e. The Morgan fingerprint density at radius 1 is 1.08 bits per heavy atom. The Labute approximate surface area is 148 Å². The van der Waals surface area contributed by atoms with Crippen LogP contribution in [0.1, 0.15) is 39.2 Å². The van der Waals surface area contributed by atoms with Gasteiger partial charge in [0.25, 0.3) is 0 Å². The average molecular weight is 336 g/mol. The Morgan fingerprint density at radius 2 is 1.76 bits per heavy atom. The lowest BCUT2D eigenvalue weighted by molar-refractivity contribution is -0.137. The molecular formula is C21H24N2O2. The van der Waals surface area contributed by atoms with Gasteiger partial charge in [0.15, 0.2) is 0 Å². The van der Waals surface area contributed by atoms with Gasteiger partial charge in [-0.3, -0.25) is 4.79 Å². The minimum atomic E-state index is -0.763. The van der Waals surface area contributed by atoms with Crippen LogP contribution in [0.2, 0.25) is 0 Å². The highest BCUT2D eigenvalue weighted by molar-refractivity contribution is 5.80. The van der Waals surface area contributed by atoms with E-state index in [0.717, 1.165) is 22.4 Å². The molecule has 1 heterocycles. The Balaban J connectivity index is 2.01. The quantitative estimate of drug-likeness (QED) is 0.723. The fourth-order valence-electron chi connectivity index (χ4n) is 3.03. The molecule has 0 aliphatic rings. The van der Waals surface area contributed by atoms with Crippen LogP contribution >= 0.6 is 0 Å². The van der Waals surface area contributed by atoms with Crippen molar-refractivity contribution in [2.24, 2.45) is 0 Å². The molecule has 0 amide bonds. The van der Waals surface area contributed by atoms with Crippen molar-refractivity contribution in [1.82, 2.24) is 9.55 Å². The van der Waals surface area contributed by atoms with Crippen molar-refractivity contribution in [2.75, 3.05) is 0 Å². The number of rotatable bonds is 5. The number of hydrogen-bond acceptors (Lipinski definition) is 2. The zero-order valence-corrected chi connectivity index (χ0v) is 15.0. The first kappa shape index (κ1) is 17.2. The van der Waals surface area contributed by atoms with Crippen LogP contribution < -0.4 is 0 Å². The van der Waals surface area contributed by atoms with Gasteiger partial charge in [0, 0.05) is 18.5 Å². The fraction of sp³-hybridized carbons (Fsp3) is 0.333. The summed E-state index contributed by atoms with van der Waals surface area (Å²) in [5.74, 6) is 0.132. The van der Waals surface area contributed by atoms with E-state index in [-0.39, 0.29) is 11.8 Å². The number of nitrogens with zero attached hydrogens (tertiary/aromatic N) is 2. The normalized spacial score (nSPS) is 11.8. The smallest absolute Gasteiger partial charge is 0.303 e. The SMILES string of the molecule is CC(C)(C)c1ccc(-c2nc3ccccc3n2CCCC(=O)O)cc1. The molecule has 0 saturated carbocycles. The van der Waals surface area contributed by atoms with Gasteiger partial charge in [-0.1, -0.05) is 57.2 Å². The predicted octanol–water partition coefficient (Wildman–Crippen LogP) is 4.87. The summed E-state index contributed by atoms with van der Waals surface area (Å²) in [7, 11) is 0. The molecule has 1 N–H and O–H groups in total. The molecule has 0 aliphatic carbocycles. The summed E-state index contributed by atoms with van der Waals surface area (Å²) in [6, 6.07) is 16.5. The third-order valence-electron chi connectivity index (χ3n) is 4.44. The van der Waals surface area contributed by atoms with Crippen LogP contribution in [0.15, 0.2) is 48.5 Å². The van der Waals surface area contributed by atoms with Gasteiger partial charge in [-0.05, 0) is 29.5 Å². The number of para-hydroxylation sites is 2. The van der Waals surface area contributed by atoms with Gasteiger partial charge in [0.05, 0.1) is 11.0 Å². The minimum Gasteiger partial charge on any atom is -0.481 e. The number of benzene rings is 2. The Morgan fingerprint density at radius 3 is 2.40 bits per heavy atom. The molecule has 4 nitrogen and oxygen atoms in total. The average Bonchev–Trinajstić information content (AvgIpc) is 2.93. The van der Waals surface area contributed by atoms with Gasteiger partial charge in [0.1, 0.15) is 5.82 Å². The molecule has 0 radical (unpaired) electrons. The maximum absolute atomic E-state index is 10.9. The van der Waals surface area contributed by atoms with Gasteiger partial charge in [-0.2, -0.15) is 0 Å². The second kappa shape index (κ2) is 6.71. The largest absolute Gasteiger partial charge is 0.481 e. The molecule has 0 fully saturated rings. The molecule has 0 bridgehead atoms. The second-order valence-corrected chi connectivity index (χ2v) is 7.40. The summed E-state index contributed by atoms with van der Waals surface area (Å²) in [5.41, 5.74) is 4.43. The molecule has 0 saturated heterocycles. The number of aryl methyl sites for hydroxylation is 1. The van der Waals surface area contributed by atoms with Crippen LogP contribution in [0.25, 0.3) is 22.4 Å². The summed E-state index contributed by atoms with van der Waals surface area (Å²) in [6.45, 7) is 7.23. The number of aliphatic carboxylic acids is 1. The van der Waals surface area contributed by atoms with E-state index in [2.05, 4.69) is 49.6 Å². The van der Waals surface area contributed by atoms with E-state index in [9.17, 15) is 4.79 Å². The number of fused-ring (bicyclic) bond motifs is 1. The first-order valence-electron chi connectivity index (χ1n) is 8.64. The van der Waals surface area contributed by atoms with Crippen molar-refractivity contribution in [2.45, 2.75) is 45.6 Å². The number of carboxylic acids is 1. The first-order chi connectivity index (χ1) is 11.9. The first-order valence-corrected chi connectivity index (χ1v) is 8.64. The molecule has 1 aromatic heterocycles. The molecule has 0 atom stereocenters. The van der Waals surface area contributed by atoms with E-state index in [1.165, 1.54) is 5.56 Å². The Bertz CT molecular complexity index is 886. The van der Waals surface area contributed by atoms with Gasteiger partial charge in [-0.15, -0.1) is 0 Å². The molecule has 4 heteroatoms. The van der Waals surface area contributed by atoms with Gasteiger partial charge in [-0.25, -0.2) is 4.98 Å². The highest BCUT2D eigenvalue weighted by atomic mass is 16.4. The van der Waals surface area contributed by atoms with E-state index < -0.39 is 5.97 Å². The van der Waals surface area contributed by atoms with Crippen molar-refractivity contribution in [3.05, 3.63) is 54.1 Å². The lowest BCUT2D eigenvalue weighted by atomic mass is 9.87. The number of aromatic nitrogens is 2. The van der Waals surface area contributed by atoms with Gasteiger partial charge in [0.2, 0.25) is 0 Å². The highest BCUT2D eigenvalue weighted by Crippen LogP contribution is 2.28. The van der Waals surface area contributed by atoms with Crippen molar-refractivity contribution >= 4 is 17.0 Å².